The zero-order valence-electron chi connectivity index (χ0n) is 16.4. The molecule has 1 N–H and O–H groups in total. The number of ether oxygens (including phenoxy) is 1. The molecule has 13 heteroatoms. The van der Waals surface area contributed by atoms with Crippen LogP contribution < -0.4 is 10.5 Å². The highest BCUT2D eigenvalue weighted by molar-refractivity contribution is 6.33. The summed E-state index contributed by atoms with van der Waals surface area (Å²) < 4.78 is 62.1. The Morgan fingerprint density at radius 3 is 2.66 bits per heavy atom. The van der Waals surface area contributed by atoms with Crippen LogP contribution in [0.2, 0.25) is 10.0 Å². The van der Waals surface area contributed by atoms with Gasteiger partial charge in [0.2, 0.25) is 0 Å². The van der Waals surface area contributed by atoms with Crippen LogP contribution in [0.4, 0.5) is 23.2 Å². The number of fused-ring (bicyclic) bond motifs is 1. The van der Waals surface area contributed by atoms with Crippen LogP contribution in [0, 0.1) is 5.82 Å². The molecule has 0 spiro atoms. The third-order valence-corrected chi connectivity index (χ3v) is 5.82. The number of nitrogens with zero attached hydrogens (tertiary/aromatic N) is 4. The summed E-state index contributed by atoms with van der Waals surface area (Å²) in [5, 5.41) is 5.70. The van der Waals surface area contributed by atoms with E-state index in [4.69, 9.17) is 27.9 Å². The maximum Gasteiger partial charge on any atom is 0.435 e. The van der Waals surface area contributed by atoms with Crippen LogP contribution in [-0.2, 0) is 24.0 Å². The molecular formula is C19H15Cl2F4N5O2. The summed E-state index contributed by atoms with van der Waals surface area (Å²) in [5.74, 6) is -0.533. The molecule has 3 aromatic rings. The fourth-order valence-corrected chi connectivity index (χ4v) is 4.21. The molecule has 3 heterocycles. The molecule has 1 aliphatic heterocycles. The third kappa shape index (κ3) is 3.96. The van der Waals surface area contributed by atoms with Gasteiger partial charge < -0.3 is 14.2 Å². The van der Waals surface area contributed by atoms with Crippen molar-refractivity contribution in [2.75, 3.05) is 18.6 Å². The maximum absolute atomic E-state index is 13.9. The molecule has 2 aromatic heterocycles. The quantitative estimate of drug-likeness (QED) is 0.553. The number of nitrogens with one attached hydrogen (secondary N) is 1. The number of aromatic nitrogens is 4. The molecular weight excluding hydrogens is 477 g/mol. The zero-order chi connectivity index (χ0) is 23.2. The Kier molecular flexibility index (Phi) is 5.91. The Hall–Kier alpha value is -2.63. The van der Waals surface area contributed by atoms with Gasteiger partial charge in [-0.3, -0.25) is 4.79 Å². The third-order valence-electron chi connectivity index (χ3n) is 5.13. The van der Waals surface area contributed by atoms with Gasteiger partial charge >= 0.3 is 6.18 Å². The maximum atomic E-state index is 13.9. The van der Waals surface area contributed by atoms with Crippen LogP contribution in [0.25, 0.3) is 0 Å². The standard InChI is InChI=1S/C19H15Cl2F4N5O2/c1-32-16(10-3-2-9(22)6-11(10)20)15-17(19(23,24)25)27-13-8-29(4-5-30(13)15)12-7-26-28-18(31)14(12)21/h2-3,6-7,16H,4-5,8H2,1H3,(H,28,31). The average Bonchev–Trinajstić information content (AvgIpc) is 3.11. The summed E-state index contributed by atoms with van der Waals surface area (Å²) in [6.07, 6.45) is -4.70. The number of halogens is 6. The van der Waals surface area contributed by atoms with Gasteiger partial charge in [0.25, 0.3) is 5.56 Å². The van der Waals surface area contributed by atoms with Gasteiger partial charge in [0.15, 0.2) is 5.69 Å². The lowest BCUT2D eigenvalue weighted by atomic mass is 10.0. The molecule has 1 atom stereocenters. The predicted octanol–water partition coefficient (Wildman–Crippen LogP) is 4.19. The molecule has 32 heavy (non-hydrogen) atoms. The van der Waals surface area contributed by atoms with Crippen LogP contribution in [0.5, 0.6) is 0 Å². The van der Waals surface area contributed by atoms with Crippen molar-refractivity contribution in [2.24, 2.45) is 0 Å². The largest absolute Gasteiger partial charge is 0.435 e. The number of hydrogen-bond donors (Lipinski definition) is 1. The molecule has 0 fully saturated rings. The Bertz CT molecular complexity index is 1230. The van der Waals surface area contributed by atoms with E-state index in [0.29, 0.717) is 0 Å². The van der Waals surface area contributed by atoms with Crippen molar-refractivity contribution >= 4 is 28.9 Å². The van der Waals surface area contributed by atoms with Gasteiger partial charge in [0.05, 0.1) is 24.1 Å². The van der Waals surface area contributed by atoms with Gasteiger partial charge in [-0.05, 0) is 12.1 Å². The minimum absolute atomic E-state index is 0.0541. The number of aromatic amines is 1. The van der Waals surface area contributed by atoms with Gasteiger partial charge in [0, 0.05) is 30.8 Å². The van der Waals surface area contributed by atoms with Crippen LogP contribution >= 0.6 is 23.2 Å². The van der Waals surface area contributed by atoms with Crippen LogP contribution in [0.3, 0.4) is 0 Å². The van der Waals surface area contributed by atoms with E-state index in [1.165, 1.54) is 23.9 Å². The summed E-state index contributed by atoms with van der Waals surface area (Å²) in [6, 6.07) is 3.38. The zero-order valence-corrected chi connectivity index (χ0v) is 17.9. The summed E-state index contributed by atoms with van der Waals surface area (Å²) in [6.45, 7) is 0.267. The predicted molar refractivity (Wildman–Crippen MR) is 108 cm³/mol. The van der Waals surface area contributed by atoms with E-state index in [9.17, 15) is 22.4 Å². The number of hydrogen-bond acceptors (Lipinski definition) is 5. The van der Waals surface area contributed by atoms with Crippen molar-refractivity contribution in [3.63, 3.8) is 0 Å². The highest BCUT2D eigenvalue weighted by Gasteiger charge is 2.43. The Labute approximate surface area is 188 Å². The highest BCUT2D eigenvalue weighted by Crippen LogP contribution is 2.41. The lowest BCUT2D eigenvalue weighted by Crippen LogP contribution is -2.36. The first-order valence-corrected chi connectivity index (χ1v) is 9.99. The molecule has 7 nitrogen and oxygen atoms in total. The number of alkyl halides is 3. The number of imidazole rings is 1. The molecule has 4 rings (SSSR count). The van der Waals surface area contributed by atoms with Crippen molar-refractivity contribution in [2.45, 2.75) is 25.4 Å². The number of anilines is 1. The lowest BCUT2D eigenvalue weighted by molar-refractivity contribution is -0.142. The van der Waals surface area contributed by atoms with Crippen molar-refractivity contribution in [3.05, 3.63) is 73.4 Å². The van der Waals surface area contributed by atoms with E-state index < -0.39 is 29.4 Å². The molecule has 0 saturated carbocycles. The molecule has 0 radical (unpaired) electrons. The first-order chi connectivity index (χ1) is 15.1. The Balaban J connectivity index is 1.82. The molecule has 1 unspecified atom stereocenters. The Morgan fingerprint density at radius 1 is 1.25 bits per heavy atom. The summed E-state index contributed by atoms with van der Waals surface area (Å²) in [7, 11) is 1.24. The minimum atomic E-state index is -4.78. The minimum Gasteiger partial charge on any atom is -0.370 e. The van der Waals surface area contributed by atoms with Gasteiger partial charge in [-0.1, -0.05) is 29.3 Å². The number of rotatable bonds is 4. The van der Waals surface area contributed by atoms with E-state index in [1.54, 1.807) is 4.90 Å². The fourth-order valence-electron chi connectivity index (χ4n) is 3.73. The number of methoxy groups -OCH3 is 1. The van der Waals surface area contributed by atoms with Crippen LogP contribution in [0.1, 0.15) is 28.9 Å². The van der Waals surface area contributed by atoms with E-state index >= 15 is 0 Å². The molecule has 0 amide bonds. The van der Waals surface area contributed by atoms with E-state index in [1.807, 2.05) is 0 Å². The molecule has 1 aliphatic rings. The second-order valence-electron chi connectivity index (χ2n) is 7.01. The first kappa shape index (κ1) is 22.6. The van der Waals surface area contributed by atoms with Gasteiger partial charge in [-0.15, -0.1) is 0 Å². The number of benzene rings is 1. The SMILES string of the molecule is COC(c1ccc(F)cc1Cl)c1c(C(F)(F)F)nc2n1CCN(c1cn[nH]c(=O)c1Cl)C2. The molecule has 0 saturated heterocycles. The van der Waals surface area contributed by atoms with Crippen LogP contribution in [0.15, 0.2) is 29.2 Å². The monoisotopic (exact) mass is 491 g/mol. The second kappa shape index (κ2) is 8.38. The van der Waals surface area contributed by atoms with Crippen molar-refractivity contribution in [1.82, 2.24) is 19.7 Å². The van der Waals surface area contributed by atoms with Gasteiger partial charge in [-0.25, -0.2) is 14.5 Å². The second-order valence-corrected chi connectivity index (χ2v) is 7.80. The van der Waals surface area contributed by atoms with Gasteiger partial charge in [-0.2, -0.15) is 18.3 Å². The molecule has 0 bridgehead atoms. The molecule has 170 valence electrons. The molecule has 1 aromatic carbocycles. The smallest absolute Gasteiger partial charge is 0.370 e. The van der Waals surface area contributed by atoms with E-state index in [0.717, 1.165) is 12.1 Å². The summed E-state index contributed by atoms with van der Waals surface area (Å²) >= 11 is 12.2. The first-order valence-electron chi connectivity index (χ1n) is 9.24. The lowest BCUT2D eigenvalue weighted by Gasteiger charge is -2.31. The topological polar surface area (TPSA) is 76.0 Å². The van der Waals surface area contributed by atoms with Gasteiger partial charge in [0.1, 0.15) is 22.8 Å². The summed E-state index contributed by atoms with van der Waals surface area (Å²) in [4.78, 5) is 17.2. The molecule has 0 aliphatic carbocycles. The summed E-state index contributed by atoms with van der Waals surface area (Å²) in [5.41, 5.74) is -1.52. The van der Waals surface area contributed by atoms with Crippen LogP contribution in [-0.4, -0.2) is 33.4 Å². The number of H-pyrrole nitrogens is 1. The fraction of sp³-hybridized carbons (Fsp3) is 0.316. The Morgan fingerprint density at radius 2 is 2.00 bits per heavy atom. The van der Waals surface area contributed by atoms with E-state index in [-0.39, 0.29) is 52.4 Å². The normalized spacial score (nSPS) is 15.0. The van der Waals surface area contributed by atoms with Crippen molar-refractivity contribution in [3.8, 4) is 0 Å². The average molecular weight is 492 g/mol. The van der Waals surface area contributed by atoms with E-state index in [2.05, 4.69) is 15.2 Å². The van der Waals surface area contributed by atoms with Crippen molar-refractivity contribution < 1.29 is 22.3 Å². The highest BCUT2D eigenvalue weighted by atomic mass is 35.5. The van der Waals surface area contributed by atoms with Crippen molar-refractivity contribution in [1.29, 1.82) is 0 Å².